The average molecular weight is 386 g/mol. The molecule has 1 amide bonds. The molecule has 0 saturated heterocycles. The smallest absolute Gasteiger partial charge is 0.341 e. The second-order valence-electron chi connectivity index (χ2n) is 6.32. The SMILES string of the molecule is CCOC(=O)c1c(NC(=O)CNc2ccc(C(C)=O)cc2)sc2c1CCC2. The molecule has 0 radical (unpaired) electrons. The highest BCUT2D eigenvalue weighted by molar-refractivity contribution is 7.17. The highest BCUT2D eigenvalue weighted by Gasteiger charge is 2.28. The number of rotatable bonds is 7. The Balaban J connectivity index is 1.65. The Kier molecular flexibility index (Phi) is 5.91. The van der Waals surface area contributed by atoms with E-state index in [1.807, 2.05) is 0 Å². The standard InChI is InChI=1S/C20H22N2O4S/c1-3-26-20(25)18-15-5-4-6-16(15)27-19(18)22-17(24)11-21-14-9-7-13(8-10-14)12(2)23/h7-10,21H,3-6,11H2,1-2H3,(H,22,24). The van der Waals surface area contributed by atoms with Gasteiger partial charge in [-0.3, -0.25) is 9.59 Å². The fourth-order valence-corrected chi connectivity index (χ4v) is 4.38. The quantitative estimate of drug-likeness (QED) is 0.560. The fourth-order valence-electron chi connectivity index (χ4n) is 3.09. The van der Waals surface area contributed by atoms with Crippen molar-refractivity contribution in [3.63, 3.8) is 0 Å². The van der Waals surface area contributed by atoms with Gasteiger partial charge in [-0.05, 0) is 62.9 Å². The number of hydrogen-bond acceptors (Lipinski definition) is 6. The lowest BCUT2D eigenvalue weighted by atomic mass is 10.1. The number of ether oxygens (including phenoxy) is 1. The topological polar surface area (TPSA) is 84.5 Å². The predicted molar refractivity (Wildman–Crippen MR) is 106 cm³/mol. The van der Waals surface area contributed by atoms with Crippen LogP contribution in [0.3, 0.4) is 0 Å². The van der Waals surface area contributed by atoms with Gasteiger partial charge in [-0.1, -0.05) is 0 Å². The highest BCUT2D eigenvalue weighted by Crippen LogP contribution is 2.39. The van der Waals surface area contributed by atoms with Crippen molar-refractivity contribution < 1.29 is 19.1 Å². The summed E-state index contributed by atoms with van der Waals surface area (Å²) in [6.45, 7) is 3.64. The number of aryl methyl sites for hydroxylation is 1. The minimum Gasteiger partial charge on any atom is -0.462 e. The molecule has 0 aliphatic heterocycles. The zero-order valence-corrected chi connectivity index (χ0v) is 16.2. The van der Waals surface area contributed by atoms with E-state index in [1.54, 1.807) is 31.2 Å². The zero-order valence-electron chi connectivity index (χ0n) is 15.4. The molecule has 1 aromatic heterocycles. The third-order valence-corrected chi connectivity index (χ3v) is 5.61. The van der Waals surface area contributed by atoms with Gasteiger partial charge in [0.1, 0.15) is 5.00 Å². The summed E-state index contributed by atoms with van der Waals surface area (Å²) in [7, 11) is 0. The van der Waals surface area contributed by atoms with Crippen molar-refractivity contribution in [1.29, 1.82) is 0 Å². The summed E-state index contributed by atoms with van der Waals surface area (Å²) in [5.74, 6) is -0.618. The van der Waals surface area contributed by atoms with Crippen molar-refractivity contribution in [2.75, 3.05) is 23.8 Å². The maximum absolute atomic E-state index is 12.3. The number of ketones is 1. The van der Waals surface area contributed by atoms with Crippen LogP contribution in [0.15, 0.2) is 24.3 Å². The molecule has 0 fully saturated rings. The molecule has 1 aliphatic rings. The van der Waals surface area contributed by atoms with Gasteiger partial charge in [0.2, 0.25) is 5.91 Å². The first-order valence-corrected chi connectivity index (χ1v) is 9.77. The number of Topliss-reactive ketones (excluding diaryl/α,β-unsaturated/α-hetero) is 1. The van der Waals surface area contributed by atoms with Crippen molar-refractivity contribution in [1.82, 2.24) is 0 Å². The fraction of sp³-hybridized carbons (Fsp3) is 0.350. The molecule has 1 aromatic carbocycles. The van der Waals surface area contributed by atoms with E-state index in [0.29, 0.717) is 22.7 Å². The third kappa shape index (κ3) is 4.36. The van der Waals surface area contributed by atoms with Gasteiger partial charge >= 0.3 is 5.97 Å². The molecule has 0 spiro atoms. The van der Waals surface area contributed by atoms with E-state index < -0.39 is 0 Å². The lowest BCUT2D eigenvalue weighted by Gasteiger charge is -2.09. The van der Waals surface area contributed by atoms with Crippen LogP contribution in [0.25, 0.3) is 0 Å². The summed E-state index contributed by atoms with van der Waals surface area (Å²) in [5, 5.41) is 6.43. The molecule has 0 unspecified atom stereocenters. The monoisotopic (exact) mass is 386 g/mol. The van der Waals surface area contributed by atoms with Crippen LogP contribution in [0.4, 0.5) is 10.7 Å². The summed E-state index contributed by atoms with van der Waals surface area (Å²) in [5.41, 5.74) is 2.89. The predicted octanol–water partition coefficient (Wildman–Crippen LogP) is 3.67. The van der Waals surface area contributed by atoms with Gasteiger partial charge in [0.15, 0.2) is 5.78 Å². The van der Waals surface area contributed by atoms with E-state index in [9.17, 15) is 14.4 Å². The summed E-state index contributed by atoms with van der Waals surface area (Å²) < 4.78 is 5.17. The zero-order chi connectivity index (χ0) is 19.4. The Hall–Kier alpha value is -2.67. The first kappa shape index (κ1) is 19.1. The molecule has 0 saturated carbocycles. The molecule has 7 heteroatoms. The Bertz CT molecular complexity index is 871. The van der Waals surface area contributed by atoms with Crippen LogP contribution in [0.2, 0.25) is 0 Å². The van der Waals surface area contributed by atoms with Crippen LogP contribution in [-0.4, -0.2) is 30.8 Å². The molecule has 142 valence electrons. The van der Waals surface area contributed by atoms with E-state index in [2.05, 4.69) is 10.6 Å². The van der Waals surface area contributed by atoms with Crippen molar-refractivity contribution in [2.24, 2.45) is 0 Å². The molecule has 3 rings (SSSR count). The number of carbonyl (C=O) groups is 3. The van der Waals surface area contributed by atoms with Crippen LogP contribution >= 0.6 is 11.3 Å². The summed E-state index contributed by atoms with van der Waals surface area (Å²) >= 11 is 1.46. The molecule has 1 aliphatic carbocycles. The molecule has 6 nitrogen and oxygen atoms in total. The number of hydrogen-bond donors (Lipinski definition) is 2. The number of thiophene rings is 1. The maximum Gasteiger partial charge on any atom is 0.341 e. The van der Waals surface area contributed by atoms with Crippen molar-refractivity contribution >= 4 is 39.7 Å². The van der Waals surface area contributed by atoms with Gasteiger partial charge in [0, 0.05) is 16.1 Å². The Morgan fingerprint density at radius 3 is 2.56 bits per heavy atom. The molecular formula is C20H22N2O4S. The van der Waals surface area contributed by atoms with Gasteiger partial charge in [0.25, 0.3) is 0 Å². The van der Waals surface area contributed by atoms with Gasteiger partial charge in [0.05, 0.1) is 18.7 Å². The van der Waals surface area contributed by atoms with Gasteiger partial charge in [-0.2, -0.15) is 0 Å². The van der Waals surface area contributed by atoms with E-state index in [0.717, 1.165) is 35.4 Å². The van der Waals surface area contributed by atoms with Crippen molar-refractivity contribution in [3.05, 3.63) is 45.8 Å². The second-order valence-corrected chi connectivity index (χ2v) is 7.42. The van der Waals surface area contributed by atoms with Crippen LogP contribution in [-0.2, 0) is 22.4 Å². The summed E-state index contributed by atoms with van der Waals surface area (Å²) in [6, 6.07) is 6.94. The lowest BCUT2D eigenvalue weighted by Crippen LogP contribution is -2.22. The summed E-state index contributed by atoms with van der Waals surface area (Å²) in [6.07, 6.45) is 2.80. The van der Waals surface area contributed by atoms with Gasteiger partial charge in [-0.25, -0.2) is 4.79 Å². The number of esters is 1. The number of benzene rings is 1. The summed E-state index contributed by atoms with van der Waals surface area (Å²) in [4.78, 5) is 37.1. The van der Waals surface area contributed by atoms with E-state index in [1.165, 1.54) is 18.3 Å². The average Bonchev–Trinajstić information content (AvgIpc) is 3.21. The second kappa shape index (κ2) is 8.35. The van der Waals surface area contributed by atoms with E-state index in [-0.39, 0.29) is 24.2 Å². The number of amides is 1. The maximum atomic E-state index is 12.3. The molecule has 2 N–H and O–H groups in total. The normalized spacial score (nSPS) is 12.4. The first-order valence-electron chi connectivity index (χ1n) is 8.96. The Morgan fingerprint density at radius 1 is 1.15 bits per heavy atom. The van der Waals surface area contributed by atoms with Gasteiger partial charge < -0.3 is 15.4 Å². The largest absolute Gasteiger partial charge is 0.462 e. The van der Waals surface area contributed by atoms with Crippen LogP contribution in [0, 0.1) is 0 Å². The van der Waals surface area contributed by atoms with Crippen LogP contribution < -0.4 is 10.6 Å². The van der Waals surface area contributed by atoms with Gasteiger partial charge in [-0.15, -0.1) is 11.3 Å². The number of nitrogens with one attached hydrogen (secondary N) is 2. The minimum absolute atomic E-state index is 0.00321. The van der Waals surface area contributed by atoms with E-state index >= 15 is 0 Å². The van der Waals surface area contributed by atoms with Crippen molar-refractivity contribution in [3.8, 4) is 0 Å². The molecule has 1 heterocycles. The minimum atomic E-state index is -0.375. The van der Waals surface area contributed by atoms with Crippen LogP contribution in [0.1, 0.15) is 51.4 Å². The molecule has 2 aromatic rings. The third-order valence-electron chi connectivity index (χ3n) is 4.40. The lowest BCUT2D eigenvalue weighted by molar-refractivity contribution is -0.114. The number of anilines is 2. The Labute approximate surface area is 161 Å². The molecular weight excluding hydrogens is 364 g/mol. The molecule has 27 heavy (non-hydrogen) atoms. The number of fused-ring (bicyclic) bond motifs is 1. The molecule has 0 bridgehead atoms. The Morgan fingerprint density at radius 2 is 1.89 bits per heavy atom. The van der Waals surface area contributed by atoms with Crippen LogP contribution in [0.5, 0.6) is 0 Å². The number of carbonyl (C=O) groups excluding carboxylic acids is 3. The van der Waals surface area contributed by atoms with E-state index in [4.69, 9.17) is 4.74 Å². The first-order chi connectivity index (χ1) is 13.0. The highest BCUT2D eigenvalue weighted by atomic mass is 32.1. The van der Waals surface area contributed by atoms with Crippen molar-refractivity contribution in [2.45, 2.75) is 33.1 Å². The molecule has 0 atom stereocenters.